The van der Waals surface area contributed by atoms with Crippen molar-refractivity contribution in [1.29, 1.82) is 0 Å². The van der Waals surface area contributed by atoms with E-state index in [0.29, 0.717) is 24.5 Å². The molecule has 280 valence electrons. The van der Waals surface area contributed by atoms with Gasteiger partial charge in [0.05, 0.1) is 31.8 Å². The average Bonchev–Trinajstić information content (AvgIpc) is 2.98. The van der Waals surface area contributed by atoms with Crippen molar-refractivity contribution in [1.82, 2.24) is 0 Å². The third-order valence-corrected chi connectivity index (χ3v) is 14.1. The van der Waals surface area contributed by atoms with Gasteiger partial charge < -0.3 is 23.4 Å². The maximum Gasteiger partial charge on any atom is 0.314 e. The van der Waals surface area contributed by atoms with E-state index in [1.165, 1.54) is 0 Å². The standard InChI is InChI=1S/C40H68O8Si/c1-27(2)35(45-26-32-21-23-33(44-13)24-22-32)17-16-18-36(48-49(14,15)40(10,11)12)30(5)38(43)46-31(6)28(3)19-20-29(4)34(41)25-37(42)47-39(7,8)9/h20-24,27-28,30-31,35-36H,16-19,25-26H2,1-15H3/b29-20+/t28-,30+,31+,35-,36+/m0/s1. The summed E-state index contributed by atoms with van der Waals surface area (Å²) in [6.07, 6.45) is 3.92. The Morgan fingerprint density at radius 1 is 0.878 bits per heavy atom. The van der Waals surface area contributed by atoms with Gasteiger partial charge in [-0.1, -0.05) is 59.8 Å². The van der Waals surface area contributed by atoms with Crippen LogP contribution in [0.5, 0.6) is 5.75 Å². The summed E-state index contributed by atoms with van der Waals surface area (Å²) in [5.41, 5.74) is 0.960. The zero-order chi connectivity index (χ0) is 37.7. The third kappa shape index (κ3) is 16.4. The molecular formula is C40H68O8Si. The number of ketones is 1. The molecule has 1 aromatic rings. The molecule has 0 N–H and O–H groups in total. The summed E-state index contributed by atoms with van der Waals surface area (Å²) < 4.78 is 29.8. The van der Waals surface area contributed by atoms with Crippen molar-refractivity contribution in [2.24, 2.45) is 17.8 Å². The lowest BCUT2D eigenvalue weighted by molar-refractivity contribution is -0.159. The Morgan fingerprint density at radius 2 is 1.45 bits per heavy atom. The Kier molecular flexibility index (Phi) is 18.0. The van der Waals surface area contributed by atoms with Crippen molar-refractivity contribution in [3.05, 3.63) is 41.5 Å². The molecule has 0 amide bonds. The number of methoxy groups -OCH3 is 1. The first-order valence-corrected chi connectivity index (χ1v) is 20.9. The number of benzene rings is 1. The molecule has 0 saturated carbocycles. The highest BCUT2D eigenvalue weighted by Gasteiger charge is 2.41. The molecule has 0 aliphatic heterocycles. The molecule has 0 unspecified atom stereocenters. The molecule has 0 fully saturated rings. The molecule has 0 aliphatic rings. The van der Waals surface area contributed by atoms with Gasteiger partial charge in [-0.2, -0.15) is 0 Å². The van der Waals surface area contributed by atoms with E-state index < -0.39 is 25.8 Å². The van der Waals surface area contributed by atoms with Crippen LogP contribution < -0.4 is 4.74 Å². The number of hydrogen-bond acceptors (Lipinski definition) is 8. The van der Waals surface area contributed by atoms with Gasteiger partial charge in [-0.05, 0) is 120 Å². The molecule has 49 heavy (non-hydrogen) atoms. The first-order chi connectivity index (χ1) is 22.5. The number of rotatable bonds is 20. The lowest BCUT2D eigenvalue weighted by atomic mass is 9.95. The number of ether oxygens (including phenoxy) is 4. The van der Waals surface area contributed by atoms with E-state index in [1.54, 1.807) is 34.8 Å². The predicted octanol–water partition coefficient (Wildman–Crippen LogP) is 9.64. The van der Waals surface area contributed by atoms with E-state index >= 15 is 0 Å². The molecule has 0 heterocycles. The number of carbonyl (C=O) groups excluding carboxylic acids is 3. The molecule has 0 radical (unpaired) electrons. The Morgan fingerprint density at radius 3 is 1.96 bits per heavy atom. The summed E-state index contributed by atoms with van der Waals surface area (Å²) in [6, 6.07) is 7.94. The molecule has 9 heteroatoms. The van der Waals surface area contributed by atoms with Crippen molar-refractivity contribution in [3.8, 4) is 5.75 Å². The largest absolute Gasteiger partial charge is 0.497 e. The van der Waals surface area contributed by atoms with Crippen LogP contribution in [0.1, 0.15) is 121 Å². The second-order valence-electron chi connectivity index (χ2n) is 16.5. The maximum absolute atomic E-state index is 13.6. The van der Waals surface area contributed by atoms with Crippen LogP contribution in [0, 0.1) is 17.8 Å². The summed E-state index contributed by atoms with van der Waals surface area (Å²) in [7, 11) is -0.528. The number of esters is 2. The van der Waals surface area contributed by atoms with Crippen LogP contribution in [0.25, 0.3) is 0 Å². The van der Waals surface area contributed by atoms with Gasteiger partial charge in [0, 0.05) is 0 Å². The average molecular weight is 705 g/mol. The normalized spacial score (nSPS) is 16.0. The van der Waals surface area contributed by atoms with Crippen LogP contribution in [-0.4, -0.2) is 57.1 Å². The quantitative estimate of drug-likeness (QED) is 0.0573. The Hall–Kier alpha value is -2.49. The SMILES string of the molecule is COc1ccc(CO[C@@H](CCC[C@@H](O[Si](C)(C)C(C)(C)C)[C@@H](C)C(=O)O[C@H](C)[C@@H](C)C/C=C(\C)C(=O)CC(=O)OC(C)(C)C)C(C)C)cc1. The molecule has 0 aliphatic carbocycles. The number of allylic oxidation sites excluding steroid dienone is 2. The van der Waals surface area contributed by atoms with E-state index in [4.69, 9.17) is 23.4 Å². The molecule has 5 atom stereocenters. The highest BCUT2D eigenvalue weighted by molar-refractivity contribution is 6.74. The van der Waals surface area contributed by atoms with Crippen LogP contribution >= 0.6 is 0 Å². The molecule has 0 aromatic heterocycles. The lowest BCUT2D eigenvalue weighted by Gasteiger charge is -2.41. The van der Waals surface area contributed by atoms with E-state index in [2.05, 4.69) is 47.7 Å². The minimum absolute atomic E-state index is 0.0102. The highest BCUT2D eigenvalue weighted by atomic mass is 28.4. The van der Waals surface area contributed by atoms with Crippen LogP contribution in [0.3, 0.4) is 0 Å². The zero-order valence-electron chi connectivity index (χ0n) is 33.4. The lowest BCUT2D eigenvalue weighted by Crippen LogP contribution is -2.47. The van der Waals surface area contributed by atoms with Crippen LogP contribution in [0.15, 0.2) is 35.9 Å². The number of hydrogen-bond donors (Lipinski definition) is 0. The second kappa shape index (κ2) is 19.8. The van der Waals surface area contributed by atoms with Crippen molar-refractivity contribution in [2.45, 2.75) is 164 Å². The number of carbonyl (C=O) groups is 3. The predicted molar refractivity (Wildman–Crippen MR) is 200 cm³/mol. The second-order valence-corrected chi connectivity index (χ2v) is 21.3. The molecule has 1 rings (SSSR count). The van der Waals surface area contributed by atoms with Gasteiger partial charge >= 0.3 is 11.9 Å². The Labute approximate surface area is 299 Å². The summed E-state index contributed by atoms with van der Waals surface area (Å²) in [5, 5.41) is -0.0102. The summed E-state index contributed by atoms with van der Waals surface area (Å²) >= 11 is 0. The van der Waals surface area contributed by atoms with E-state index in [1.807, 2.05) is 51.1 Å². The van der Waals surface area contributed by atoms with Gasteiger partial charge in [0.25, 0.3) is 0 Å². The Balaban J connectivity index is 2.90. The smallest absolute Gasteiger partial charge is 0.314 e. The molecule has 8 nitrogen and oxygen atoms in total. The minimum Gasteiger partial charge on any atom is -0.497 e. The first-order valence-electron chi connectivity index (χ1n) is 18.0. The Bertz CT molecular complexity index is 1210. The fraction of sp³-hybridized carbons (Fsp3) is 0.725. The van der Waals surface area contributed by atoms with Crippen molar-refractivity contribution in [2.75, 3.05) is 7.11 Å². The molecule has 0 saturated heterocycles. The van der Waals surface area contributed by atoms with Gasteiger partial charge in [-0.15, -0.1) is 0 Å². The topological polar surface area (TPSA) is 97.4 Å². The maximum atomic E-state index is 13.6. The van der Waals surface area contributed by atoms with Gasteiger partial charge in [-0.25, -0.2) is 0 Å². The van der Waals surface area contributed by atoms with Crippen LogP contribution in [0.4, 0.5) is 0 Å². The van der Waals surface area contributed by atoms with Gasteiger partial charge in [-0.3, -0.25) is 14.4 Å². The fourth-order valence-electron chi connectivity index (χ4n) is 4.90. The zero-order valence-corrected chi connectivity index (χ0v) is 34.4. The van der Waals surface area contributed by atoms with Gasteiger partial charge in [0.15, 0.2) is 14.1 Å². The molecule has 1 aromatic carbocycles. The van der Waals surface area contributed by atoms with Crippen LogP contribution in [0.2, 0.25) is 18.1 Å². The molecular weight excluding hydrogens is 637 g/mol. The minimum atomic E-state index is -2.19. The molecule has 0 bridgehead atoms. The number of Topliss-reactive ketones (excluding diaryl/α,β-unsaturated/α-hetero) is 1. The van der Waals surface area contributed by atoms with Crippen LogP contribution in [-0.2, 0) is 39.6 Å². The third-order valence-electron chi connectivity index (χ3n) is 9.59. The van der Waals surface area contributed by atoms with Gasteiger partial charge in [0.2, 0.25) is 0 Å². The fourth-order valence-corrected chi connectivity index (χ4v) is 6.33. The van der Waals surface area contributed by atoms with Crippen molar-refractivity contribution >= 4 is 26.0 Å². The van der Waals surface area contributed by atoms with Crippen molar-refractivity contribution < 1.29 is 37.8 Å². The summed E-state index contributed by atoms with van der Waals surface area (Å²) in [6.45, 7) is 28.8. The van der Waals surface area contributed by atoms with E-state index in [0.717, 1.165) is 30.6 Å². The molecule has 0 spiro atoms. The van der Waals surface area contributed by atoms with Crippen molar-refractivity contribution in [3.63, 3.8) is 0 Å². The monoisotopic (exact) mass is 704 g/mol. The highest BCUT2D eigenvalue weighted by Crippen LogP contribution is 2.39. The summed E-state index contributed by atoms with van der Waals surface area (Å²) in [4.78, 5) is 38.2. The first kappa shape index (κ1) is 44.5. The van der Waals surface area contributed by atoms with E-state index in [-0.39, 0.29) is 47.4 Å². The summed E-state index contributed by atoms with van der Waals surface area (Å²) in [5.74, 6) is -0.400. The van der Waals surface area contributed by atoms with Gasteiger partial charge in [0.1, 0.15) is 23.9 Å². The van der Waals surface area contributed by atoms with E-state index in [9.17, 15) is 14.4 Å².